The molecule has 2 aromatic heterocycles. The van der Waals surface area contributed by atoms with Gasteiger partial charge >= 0.3 is 0 Å². The summed E-state index contributed by atoms with van der Waals surface area (Å²) in [6.45, 7) is 3.06. The van der Waals surface area contributed by atoms with Gasteiger partial charge in [-0.1, -0.05) is 6.07 Å². The fraction of sp³-hybridized carbons (Fsp3) is 0.364. The van der Waals surface area contributed by atoms with Crippen LogP contribution in [0.2, 0.25) is 0 Å². The number of aryl methyl sites for hydroxylation is 1. The molecule has 0 bridgehead atoms. The van der Waals surface area contributed by atoms with Gasteiger partial charge in [-0.25, -0.2) is 4.98 Å². The van der Waals surface area contributed by atoms with E-state index in [1.165, 1.54) is 11.1 Å². The van der Waals surface area contributed by atoms with E-state index in [-0.39, 0.29) is 0 Å². The summed E-state index contributed by atoms with van der Waals surface area (Å²) in [5.41, 5.74) is 2.43. The van der Waals surface area contributed by atoms with Crippen molar-refractivity contribution in [1.82, 2.24) is 14.7 Å². The van der Waals surface area contributed by atoms with Crippen LogP contribution in [0.25, 0.3) is 5.52 Å². The predicted molar refractivity (Wildman–Crippen MR) is 57.6 cm³/mol. The van der Waals surface area contributed by atoms with Crippen LogP contribution in [0.4, 0.5) is 0 Å². The molecule has 0 amide bonds. The van der Waals surface area contributed by atoms with Crippen molar-refractivity contribution in [1.29, 1.82) is 0 Å². The van der Waals surface area contributed by atoms with Gasteiger partial charge in [-0.2, -0.15) is 0 Å². The lowest BCUT2D eigenvalue weighted by Gasteiger charge is -2.01. The first kappa shape index (κ1) is 9.21. The van der Waals surface area contributed by atoms with Crippen molar-refractivity contribution in [2.24, 2.45) is 0 Å². The lowest BCUT2D eigenvalue weighted by atomic mass is 10.3. The first-order valence-corrected chi connectivity index (χ1v) is 4.88. The van der Waals surface area contributed by atoms with Crippen LogP contribution in [0, 0.1) is 6.92 Å². The maximum atomic E-state index is 4.40. The summed E-state index contributed by atoms with van der Waals surface area (Å²) in [5, 5.41) is 3.13. The van der Waals surface area contributed by atoms with E-state index in [1.54, 1.807) is 0 Å². The lowest BCUT2D eigenvalue weighted by molar-refractivity contribution is 0.753. The number of aromatic nitrogens is 2. The summed E-state index contributed by atoms with van der Waals surface area (Å²) in [7, 11) is 1.96. The average Bonchev–Trinajstić information content (AvgIpc) is 2.57. The predicted octanol–water partition coefficient (Wildman–Crippen LogP) is 1.40. The molecule has 0 radical (unpaired) electrons. The van der Waals surface area contributed by atoms with Crippen LogP contribution in [-0.4, -0.2) is 23.0 Å². The lowest BCUT2D eigenvalue weighted by Crippen LogP contribution is -2.12. The van der Waals surface area contributed by atoms with Crippen molar-refractivity contribution >= 4 is 5.52 Å². The van der Waals surface area contributed by atoms with Gasteiger partial charge < -0.3 is 9.72 Å². The van der Waals surface area contributed by atoms with Gasteiger partial charge in [-0.05, 0) is 25.6 Å². The zero-order valence-corrected chi connectivity index (χ0v) is 8.62. The molecular formula is C11H15N3. The Hall–Kier alpha value is -1.35. The van der Waals surface area contributed by atoms with Crippen LogP contribution in [-0.2, 0) is 6.42 Å². The second-order valence-corrected chi connectivity index (χ2v) is 3.53. The Kier molecular flexibility index (Phi) is 2.50. The van der Waals surface area contributed by atoms with Crippen LogP contribution in [0.1, 0.15) is 11.4 Å². The SMILES string of the molecule is CNCCc1ncc2ccc(C)cn12. The van der Waals surface area contributed by atoms with Gasteiger partial charge in [-0.15, -0.1) is 0 Å². The largest absolute Gasteiger partial charge is 0.319 e. The molecule has 0 saturated heterocycles. The van der Waals surface area contributed by atoms with Crippen molar-refractivity contribution in [3.05, 3.63) is 35.9 Å². The summed E-state index contributed by atoms with van der Waals surface area (Å²) < 4.78 is 2.16. The molecule has 0 aliphatic heterocycles. The number of fused-ring (bicyclic) bond motifs is 1. The molecule has 74 valence electrons. The molecule has 0 unspecified atom stereocenters. The molecule has 0 aliphatic carbocycles. The first-order valence-electron chi connectivity index (χ1n) is 4.88. The molecule has 2 rings (SSSR count). The van der Waals surface area contributed by atoms with Gasteiger partial charge in [0.2, 0.25) is 0 Å². The van der Waals surface area contributed by atoms with Gasteiger partial charge in [0.05, 0.1) is 11.7 Å². The molecule has 3 heteroatoms. The Bertz CT molecular complexity index is 431. The van der Waals surface area contributed by atoms with E-state index in [4.69, 9.17) is 0 Å². The highest BCUT2D eigenvalue weighted by atomic mass is 15.0. The second kappa shape index (κ2) is 3.80. The van der Waals surface area contributed by atoms with Crippen LogP contribution >= 0.6 is 0 Å². The third-order valence-corrected chi connectivity index (χ3v) is 2.35. The van der Waals surface area contributed by atoms with Crippen LogP contribution in [0.3, 0.4) is 0 Å². The molecule has 0 aliphatic rings. The Labute approximate surface area is 83.8 Å². The van der Waals surface area contributed by atoms with E-state index in [0.717, 1.165) is 18.8 Å². The highest BCUT2D eigenvalue weighted by molar-refractivity contribution is 5.46. The van der Waals surface area contributed by atoms with Gasteiger partial charge in [-0.3, -0.25) is 0 Å². The van der Waals surface area contributed by atoms with Crippen molar-refractivity contribution in [3.63, 3.8) is 0 Å². The normalized spacial score (nSPS) is 11.0. The fourth-order valence-electron chi connectivity index (χ4n) is 1.57. The summed E-state index contributed by atoms with van der Waals surface area (Å²) in [5.74, 6) is 1.12. The smallest absolute Gasteiger partial charge is 0.114 e. The number of rotatable bonds is 3. The number of hydrogen-bond acceptors (Lipinski definition) is 2. The zero-order valence-electron chi connectivity index (χ0n) is 8.62. The fourth-order valence-corrected chi connectivity index (χ4v) is 1.57. The van der Waals surface area contributed by atoms with Crippen molar-refractivity contribution in [2.45, 2.75) is 13.3 Å². The molecule has 0 fully saturated rings. The number of hydrogen-bond donors (Lipinski definition) is 1. The van der Waals surface area contributed by atoms with E-state index in [0.29, 0.717) is 0 Å². The standard InChI is InChI=1S/C11H15N3/c1-9-3-4-10-7-13-11(5-6-12-2)14(10)8-9/h3-4,7-8,12H,5-6H2,1-2H3. The summed E-state index contributed by atoms with van der Waals surface area (Å²) in [4.78, 5) is 4.40. The third kappa shape index (κ3) is 1.63. The molecule has 2 aromatic rings. The number of pyridine rings is 1. The highest BCUT2D eigenvalue weighted by Crippen LogP contribution is 2.08. The number of nitrogens with one attached hydrogen (secondary N) is 1. The highest BCUT2D eigenvalue weighted by Gasteiger charge is 2.01. The van der Waals surface area contributed by atoms with Crippen molar-refractivity contribution in [2.75, 3.05) is 13.6 Å². The second-order valence-electron chi connectivity index (χ2n) is 3.53. The van der Waals surface area contributed by atoms with Crippen molar-refractivity contribution in [3.8, 4) is 0 Å². The van der Waals surface area contributed by atoms with Crippen LogP contribution in [0.15, 0.2) is 24.5 Å². The molecule has 0 atom stereocenters. The average molecular weight is 189 g/mol. The van der Waals surface area contributed by atoms with E-state index in [1.807, 2.05) is 13.2 Å². The maximum absolute atomic E-state index is 4.40. The molecule has 0 aromatic carbocycles. The summed E-state index contributed by atoms with van der Waals surface area (Å²) in [6, 6.07) is 4.21. The number of likely N-dealkylation sites (N-methyl/N-ethyl adjacent to an activating group) is 1. The van der Waals surface area contributed by atoms with Crippen LogP contribution in [0.5, 0.6) is 0 Å². The molecule has 0 spiro atoms. The Morgan fingerprint density at radius 3 is 3.07 bits per heavy atom. The summed E-state index contributed by atoms with van der Waals surface area (Å²) >= 11 is 0. The molecular weight excluding hydrogens is 174 g/mol. The summed E-state index contributed by atoms with van der Waals surface area (Å²) in [6.07, 6.45) is 5.02. The minimum absolute atomic E-state index is 0.965. The Morgan fingerprint density at radius 1 is 1.43 bits per heavy atom. The Balaban J connectivity index is 2.40. The topological polar surface area (TPSA) is 29.3 Å². The Morgan fingerprint density at radius 2 is 2.29 bits per heavy atom. The monoisotopic (exact) mass is 189 g/mol. The number of imidazole rings is 1. The minimum Gasteiger partial charge on any atom is -0.319 e. The quantitative estimate of drug-likeness (QED) is 0.791. The zero-order chi connectivity index (χ0) is 9.97. The van der Waals surface area contributed by atoms with E-state index in [2.05, 4.69) is 40.0 Å². The maximum Gasteiger partial charge on any atom is 0.114 e. The molecule has 3 nitrogen and oxygen atoms in total. The molecule has 2 heterocycles. The van der Waals surface area contributed by atoms with Gasteiger partial charge in [0, 0.05) is 19.2 Å². The van der Waals surface area contributed by atoms with E-state index >= 15 is 0 Å². The molecule has 0 saturated carbocycles. The van der Waals surface area contributed by atoms with Gasteiger partial charge in [0.1, 0.15) is 5.82 Å². The molecule has 14 heavy (non-hydrogen) atoms. The van der Waals surface area contributed by atoms with Gasteiger partial charge in [0.25, 0.3) is 0 Å². The third-order valence-electron chi connectivity index (χ3n) is 2.35. The van der Waals surface area contributed by atoms with Crippen LogP contribution < -0.4 is 5.32 Å². The van der Waals surface area contributed by atoms with E-state index < -0.39 is 0 Å². The first-order chi connectivity index (χ1) is 6.81. The molecule has 1 N–H and O–H groups in total. The number of nitrogens with zero attached hydrogens (tertiary/aromatic N) is 2. The van der Waals surface area contributed by atoms with Crippen molar-refractivity contribution < 1.29 is 0 Å². The minimum atomic E-state index is 0.965. The van der Waals surface area contributed by atoms with E-state index in [9.17, 15) is 0 Å². The van der Waals surface area contributed by atoms with Gasteiger partial charge in [0.15, 0.2) is 0 Å².